The molecule has 4 rings (SSSR count). The highest BCUT2D eigenvalue weighted by Crippen LogP contribution is 2.19. The second-order valence-electron chi connectivity index (χ2n) is 8.71. The Morgan fingerprint density at radius 1 is 0.970 bits per heavy atom. The highest BCUT2D eigenvalue weighted by Gasteiger charge is 2.20. The van der Waals surface area contributed by atoms with Crippen LogP contribution in [0.5, 0.6) is 0 Å². The lowest BCUT2D eigenvalue weighted by molar-refractivity contribution is 0.197. The van der Waals surface area contributed by atoms with Crippen LogP contribution < -0.4 is 15.5 Å². The maximum absolute atomic E-state index is 12.5. The summed E-state index contributed by atoms with van der Waals surface area (Å²) < 4.78 is 0. The van der Waals surface area contributed by atoms with E-state index in [1.807, 2.05) is 42.7 Å². The van der Waals surface area contributed by atoms with Gasteiger partial charge in [0.15, 0.2) is 0 Å². The standard InChI is InChI=1S/C27H33N5O/c1-31(21-23-5-3-2-4-6-23)26-9-7-24(8-10-26)29-27(33)30-25-14-19-32(20-15-25)18-13-22-11-16-28-17-12-22/h2-12,16-17,25H,13-15,18-21H2,1H3,(H2,29,30,33). The van der Waals surface area contributed by atoms with Gasteiger partial charge < -0.3 is 20.4 Å². The van der Waals surface area contributed by atoms with Gasteiger partial charge in [-0.15, -0.1) is 0 Å². The molecule has 33 heavy (non-hydrogen) atoms. The molecule has 1 aliphatic heterocycles. The molecule has 172 valence electrons. The smallest absolute Gasteiger partial charge is 0.319 e. The largest absolute Gasteiger partial charge is 0.370 e. The van der Waals surface area contributed by atoms with E-state index in [1.54, 1.807) is 0 Å². The number of amides is 2. The first-order valence-corrected chi connectivity index (χ1v) is 11.7. The van der Waals surface area contributed by atoms with Crippen molar-refractivity contribution < 1.29 is 4.79 Å². The van der Waals surface area contributed by atoms with Gasteiger partial charge in [-0.1, -0.05) is 30.3 Å². The van der Waals surface area contributed by atoms with Gasteiger partial charge in [-0.05, 0) is 66.8 Å². The van der Waals surface area contributed by atoms with Crippen LogP contribution in [0.3, 0.4) is 0 Å². The fourth-order valence-electron chi connectivity index (χ4n) is 4.24. The summed E-state index contributed by atoms with van der Waals surface area (Å²) >= 11 is 0. The van der Waals surface area contributed by atoms with Crippen molar-refractivity contribution in [2.24, 2.45) is 0 Å². The van der Waals surface area contributed by atoms with Crippen molar-refractivity contribution in [1.82, 2.24) is 15.2 Å². The Hall–Kier alpha value is -3.38. The molecule has 1 aromatic heterocycles. The Kier molecular flexibility index (Phi) is 7.93. The number of pyridine rings is 1. The number of nitrogens with zero attached hydrogens (tertiary/aromatic N) is 3. The van der Waals surface area contributed by atoms with Crippen LogP contribution in [0.1, 0.15) is 24.0 Å². The predicted molar refractivity (Wildman–Crippen MR) is 135 cm³/mol. The van der Waals surface area contributed by atoms with Gasteiger partial charge in [-0.25, -0.2) is 4.79 Å². The quantitative estimate of drug-likeness (QED) is 0.536. The van der Waals surface area contributed by atoms with Crippen molar-refractivity contribution in [3.63, 3.8) is 0 Å². The lowest BCUT2D eigenvalue weighted by Gasteiger charge is -2.32. The number of nitrogens with one attached hydrogen (secondary N) is 2. The van der Waals surface area contributed by atoms with Crippen LogP contribution in [0.15, 0.2) is 79.1 Å². The molecule has 0 spiro atoms. The summed E-state index contributed by atoms with van der Waals surface area (Å²) in [5.74, 6) is 0. The number of hydrogen-bond acceptors (Lipinski definition) is 4. The van der Waals surface area contributed by atoms with Crippen LogP contribution in [0, 0.1) is 0 Å². The van der Waals surface area contributed by atoms with Crippen LogP contribution in [-0.4, -0.2) is 48.6 Å². The topological polar surface area (TPSA) is 60.5 Å². The van der Waals surface area contributed by atoms with Crippen LogP contribution >= 0.6 is 0 Å². The van der Waals surface area contributed by atoms with Crippen LogP contribution in [0.2, 0.25) is 0 Å². The molecule has 2 aromatic carbocycles. The Labute approximate surface area is 196 Å². The van der Waals surface area contributed by atoms with E-state index >= 15 is 0 Å². The van der Waals surface area contributed by atoms with Gasteiger partial charge in [0.1, 0.15) is 0 Å². The zero-order valence-corrected chi connectivity index (χ0v) is 19.3. The highest BCUT2D eigenvalue weighted by atomic mass is 16.2. The average molecular weight is 444 g/mol. The van der Waals surface area contributed by atoms with Crippen molar-refractivity contribution in [3.05, 3.63) is 90.3 Å². The Morgan fingerprint density at radius 3 is 2.36 bits per heavy atom. The number of urea groups is 1. The molecular weight excluding hydrogens is 410 g/mol. The summed E-state index contributed by atoms with van der Waals surface area (Å²) in [4.78, 5) is 21.2. The molecule has 0 bridgehead atoms. The summed E-state index contributed by atoms with van der Waals surface area (Å²) in [6, 6.07) is 22.6. The number of likely N-dealkylation sites (tertiary alicyclic amines) is 1. The normalized spacial score (nSPS) is 14.6. The highest BCUT2D eigenvalue weighted by molar-refractivity contribution is 5.89. The van der Waals surface area contributed by atoms with Gasteiger partial charge in [-0.3, -0.25) is 4.98 Å². The van der Waals surface area contributed by atoms with E-state index in [0.29, 0.717) is 0 Å². The second kappa shape index (κ2) is 11.5. The van der Waals surface area contributed by atoms with Gasteiger partial charge in [0, 0.05) is 63.0 Å². The SMILES string of the molecule is CN(Cc1ccccc1)c1ccc(NC(=O)NC2CCN(CCc3ccncc3)CC2)cc1. The predicted octanol–water partition coefficient (Wildman–Crippen LogP) is 4.55. The van der Waals surface area contributed by atoms with E-state index < -0.39 is 0 Å². The van der Waals surface area contributed by atoms with Crippen molar-refractivity contribution >= 4 is 17.4 Å². The van der Waals surface area contributed by atoms with Gasteiger partial charge >= 0.3 is 6.03 Å². The Morgan fingerprint density at radius 2 is 1.67 bits per heavy atom. The molecule has 0 radical (unpaired) electrons. The van der Waals surface area contributed by atoms with Crippen molar-refractivity contribution in [2.45, 2.75) is 31.8 Å². The first-order chi connectivity index (χ1) is 16.2. The first-order valence-electron chi connectivity index (χ1n) is 11.7. The molecule has 2 amide bonds. The molecule has 2 heterocycles. The fourth-order valence-corrected chi connectivity index (χ4v) is 4.24. The maximum atomic E-state index is 12.5. The summed E-state index contributed by atoms with van der Waals surface area (Å²) in [6.45, 7) is 3.92. The minimum atomic E-state index is -0.129. The molecule has 0 aliphatic carbocycles. The number of hydrogen-bond donors (Lipinski definition) is 2. The summed E-state index contributed by atoms with van der Waals surface area (Å²) in [5, 5.41) is 6.11. The molecular formula is C27H33N5O. The van der Waals surface area contributed by atoms with Gasteiger partial charge in [-0.2, -0.15) is 0 Å². The minimum Gasteiger partial charge on any atom is -0.370 e. The van der Waals surface area contributed by atoms with Gasteiger partial charge in [0.2, 0.25) is 0 Å². The molecule has 6 nitrogen and oxygen atoms in total. The van der Waals surface area contributed by atoms with Crippen LogP contribution in [0.4, 0.5) is 16.2 Å². The number of benzene rings is 2. The molecule has 6 heteroatoms. The second-order valence-corrected chi connectivity index (χ2v) is 8.71. The first kappa shape index (κ1) is 22.8. The van der Waals surface area contributed by atoms with E-state index in [0.717, 1.165) is 56.8 Å². The van der Waals surface area contributed by atoms with E-state index in [1.165, 1.54) is 11.1 Å². The molecule has 2 N–H and O–H groups in total. The minimum absolute atomic E-state index is 0.129. The third kappa shape index (κ3) is 7.05. The Bertz CT molecular complexity index is 986. The third-order valence-corrected chi connectivity index (χ3v) is 6.22. The van der Waals surface area contributed by atoms with Crippen LogP contribution in [-0.2, 0) is 13.0 Å². The van der Waals surface area contributed by atoms with Gasteiger partial charge in [0.25, 0.3) is 0 Å². The molecule has 3 aromatic rings. The number of anilines is 2. The van der Waals surface area contributed by atoms with Crippen LogP contribution in [0.25, 0.3) is 0 Å². The fraction of sp³-hybridized carbons (Fsp3) is 0.333. The molecule has 0 saturated carbocycles. The maximum Gasteiger partial charge on any atom is 0.319 e. The van der Waals surface area contributed by atoms with E-state index in [-0.39, 0.29) is 12.1 Å². The Balaban J connectivity index is 1.18. The molecule has 0 atom stereocenters. The number of carbonyl (C=O) groups excluding carboxylic acids is 1. The average Bonchev–Trinajstić information content (AvgIpc) is 2.85. The van der Waals surface area contributed by atoms with E-state index in [2.05, 4.69) is 68.9 Å². The monoisotopic (exact) mass is 443 g/mol. The summed E-state index contributed by atoms with van der Waals surface area (Å²) in [6.07, 6.45) is 6.69. The molecule has 1 aliphatic rings. The summed E-state index contributed by atoms with van der Waals surface area (Å²) in [5.41, 5.74) is 4.51. The summed E-state index contributed by atoms with van der Waals surface area (Å²) in [7, 11) is 2.07. The lowest BCUT2D eigenvalue weighted by atomic mass is 10.0. The molecule has 1 saturated heterocycles. The lowest BCUT2D eigenvalue weighted by Crippen LogP contribution is -2.46. The number of rotatable bonds is 8. The molecule has 0 unspecified atom stereocenters. The zero-order valence-electron chi connectivity index (χ0n) is 19.3. The van der Waals surface area contributed by atoms with Crippen molar-refractivity contribution in [2.75, 3.05) is 36.9 Å². The van der Waals surface area contributed by atoms with Crippen molar-refractivity contribution in [1.29, 1.82) is 0 Å². The third-order valence-electron chi connectivity index (χ3n) is 6.22. The number of aromatic nitrogens is 1. The number of carbonyl (C=O) groups is 1. The molecule has 1 fully saturated rings. The van der Waals surface area contributed by atoms with E-state index in [4.69, 9.17) is 0 Å². The number of piperidine rings is 1. The van der Waals surface area contributed by atoms with Crippen molar-refractivity contribution in [3.8, 4) is 0 Å². The van der Waals surface area contributed by atoms with Gasteiger partial charge in [0.05, 0.1) is 0 Å². The van der Waals surface area contributed by atoms with E-state index in [9.17, 15) is 4.79 Å². The zero-order chi connectivity index (χ0) is 22.9.